The standard InChI is InChI=1S/C13H17BrClNO2S2/c1-2-20(17,18)13-9-19-6-5-16(13)12-4-3-11(15)7-10(12)8-14/h3-4,7,13H,2,5-6,8-9H2,1H3. The van der Waals surface area contributed by atoms with Gasteiger partial charge in [-0.3, -0.25) is 0 Å². The van der Waals surface area contributed by atoms with Gasteiger partial charge in [-0.15, -0.1) is 0 Å². The van der Waals surface area contributed by atoms with E-state index in [1.54, 1.807) is 18.7 Å². The van der Waals surface area contributed by atoms with Crippen LogP contribution in [0.2, 0.25) is 5.02 Å². The molecule has 0 amide bonds. The largest absolute Gasteiger partial charge is 0.353 e. The lowest BCUT2D eigenvalue weighted by Crippen LogP contribution is -2.48. The summed E-state index contributed by atoms with van der Waals surface area (Å²) in [6.45, 7) is 2.45. The molecule has 0 spiro atoms. The van der Waals surface area contributed by atoms with E-state index < -0.39 is 15.2 Å². The highest BCUT2D eigenvalue weighted by atomic mass is 79.9. The van der Waals surface area contributed by atoms with Crippen LogP contribution in [0, 0.1) is 0 Å². The summed E-state index contributed by atoms with van der Waals surface area (Å²) in [6.07, 6.45) is 0. The van der Waals surface area contributed by atoms with Crippen molar-refractivity contribution in [1.29, 1.82) is 0 Å². The zero-order valence-electron chi connectivity index (χ0n) is 11.2. The van der Waals surface area contributed by atoms with Crippen LogP contribution in [0.1, 0.15) is 12.5 Å². The quantitative estimate of drug-likeness (QED) is 0.727. The topological polar surface area (TPSA) is 37.4 Å². The number of rotatable bonds is 4. The van der Waals surface area contributed by atoms with Gasteiger partial charge in [0.05, 0.1) is 0 Å². The Labute approximate surface area is 138 Å². The lowest BCUT2D eigenvalue weighted by molar-refractivity contribution is 0.579. The van der Waals surface area contributed by atoms with Gasteiger partial charge in [0, 0.05) is 39.8 Å². The van der Waals surface area contributed by atoms with E-state index in [4.69, 9.17) is 11.6 Å². The molecule has 20 heavy (non-hydrogen) atoms. The third-order valence-electron chi connectivity index (χ3n) is 3.40. The lowest BCUT2D eigenvalue weighted by atomic mass is 10.2. The van der Waals surface area contributed by atoms with Crippen LogP contribution in [0.15, 0.2) is 18.2 Å². The first kappa shape index (κ1) is 16.5. The third kappa shape index (κ3) is 3.46. The van der Waals surface area contributed by atoms with Crippen molar-refractivity contribution in [1.82, 2.24) is 0 Å². The number of anilines is 1. The summed E-state index contributed by atoms with van der Waals surface area (Å²) in [6, 6.07) is 5.64. The van der Waals surface area contributed by atoms with Gasteiger partial charge >= 0.3 is 0 Å². The predicted octanol–water partition coefficient (Wildman–Crippen LogP) is 3.55. The maximum Gasteiger partial charge on any atom is 0.171 e. The summed E-state index contributed by atoms with van der Waals surface area (Å²) in [5.41, 5.74) is 1.99. The molecule has 1 unspecified atom stereocenters. The summed E-state index contributed by atoms with van der Waals surface area (Å²) in [4.78, 5) is 2.02. The molecule has 1 fully saturated rings. The molecular formula is C13H17BrClNO2S2. The van der Waals surface area contributed by atoms with E-state index in [0.717, 1.165) is 23.5 Å². The number of alkyl halides is 1. The van der Waals surface area contributed by atoms with Gasteiger partial charge in [-0.1, -0.05) is 34.5 Å². The van der Waals surface area contributed by atoms with E-state index in [0.29, 0.717) is 16.1 Å². The molecule has 3 nitrogen and oxygen atoms in total. The maximum atomic E-state index is 12.3. The first-order chi connectivity index (χ1) is 9.49. The molecule has 1 aromatic rings. The summed E-state index contributed by atoms with van der Waals surface area (Å²) >= 11 is 11.2. The maximum absolute atomic E-state index is 12.3. The molecule has 112 valence electrons. The van der Waals surface area contributed by atoms with Gasteiger partial charge in [0.25, 0.3) is 0 Å². The molecule has 2 rings (SSSR count). The smallest absolute Gasteiger partial charge is 0.171 e. The van der Waals surface area contributed by atoms with E-state index in [9.17, 15) is 8.42 Å². The van der Waals surface area contributed by atoms with Crippen molar-refractivity contribution in [3.63, 3.8) is 0 Å². The molecule has 1 aliphatic heterocycles. The number of sulfone groups is 1. The van der Waals surface area contributed by atoms with Crippen LogP contribution >= 0.6 is 39.3 Å². The Morgan fingerprint density at radius 2 is 2.25 bits per heavy atom. The lowest BCUT2D eigenvalue weighted by Gasteiger charge is -2.37. The van der Waals surface area contributed by atoms with E-state index in [-0.39, 0.29) is 5.75 Å². The number of nitrogens with zero attached hydrogens (tertiary/aromatic N) is 1. The summed E-state index contributed by atoms with van der Waals surface area (Å²) in [5.74, 6) is 1.74. The Morgan fingerprint density at radius 3 is 2.90 bits per heavy atom. The van der Waals surface area contributed by atoms with Gasteiger partial charge in [-0.25, -0.2) is 8.42 Å². The number of hydrogen-bond donors (Lipinski definition) is 0. The van der Waals surface area contributed by atoms with Crippen LogP contribution in [0.5, 0.6) is 0 Å². The average Bonchev–Trinajstić information content (AvgIpc) is 2.47. The van der Waals surface area contributed by atoms with Gasteiger partial charge < -0.3 is 4.90 Å². The molecule has 0 bridgehead atoms. The van der Waals surface area contributed by atoms with E-state index in [1.165, 1.54) is 0 Å². The minimum absolute atomic E-state index is 0.173. The van der Waals surface area contributed by atoms with E-state index in [1.807, 2.05) is 23.1 Å². The highest BCUT2D eigenvalue weighted by Crippen LogP contribution is 2.32. The van der Waals surface area contributed by atoms with E-state index in [2.05, 4.69) is 15.9 Å². The first-order valence-corrected chi connectivity index (χ1v) is 10.8. The second-order valence-electron chi connectivity index (χ2n) is 4.58. The molecule has 1 aliphatic rings. The SMILES string of the molecule is CCS(=O)(=O)C1CSCCN1c1ccc(Cl)cc1CBr. The molecule has 0 saturated carbocycles. The van der Waals surface area contributed by atoms with Gasteiger partial charge in [0.1, 0.15) is 5.37 Å². The molecule has 0 N–H and O–H groups in total. The number of hydrogen-bond acceptors (Lipinski definition) is 4. The monoisotopic (exact) mass is 397 g/mol. The van der Waals surface area contributed by atoms with Crippen LogP contribution in [-0.4, -0.2) is 37.6 Å². The first-order valence-electron chi connectivity index (χ1n) is 6.40. The Morgan fingerprint density at radius 1 is 1.50 bits per heavy atom. The van der Waals surface area contributed by atoms with Crippen LogP contribution in [0.3, 0.4) is 0 Å². The van der Waals surface area contributed by atoms with Crippen LogP contribution < -0.4 is 4.90 Å². The van der Waals surface area contributed by atoms with Crippen molar-refractivity contribution in [2.45, 2.75) is 17.6 Å². The fourth-order valence-electron chi connectivity index (χ4n) is 2.29. The van der Waals surface area contributed by atoms with Gasteiger partial charge in [0.15, 0.2) is 9.84 Å². The number of thioether (sulfide) groups is 1. The Hall–Kier alpha value is 0.0900. The third-order valence-corrected chi connectivity index (χ3v) is 7.52. The Kier molecular flexibility index (Phi) is 5.68. The van der Waals surface area contributed by atoms with Gasteiger partial charge in [0.2, 0.25) is 0 Å². The molecule has 1 aromatic carbocycles. The van der Waals surface area contributed by atoms with Gasteiger partial charge in [-0.05, 0) is 23.8 Å². The molecule has 0 aromatic heterocycles. The van der Waals surface area contributed by atoms with Crippen molar-refractivity contribution >= 4 is 54.8 Å². The molecule has 7 heteroatoms. The van der Waals surface area contributed by atoms with Crippen molar-refractivity contribution < 1.29 is 8.42 Å². The average molecular weight is 399 g/mol. The summed E-state index contributed by atoms with van der Waals surface area (Å²) in [5, 5.41) is 0.889. The second-order valence-corrected chi connectivity index (χ2v) is 9.18. The molecule has 0 radical (unpaired) electrons. The zero-order valence-corrected chi connectivity index (χ0v) is 15.2. The van der Waals surface area contributed by atoms with Crippen molar-refractivity contribution in [2.75, 3.05) is 28.7 Å². The minimum atomic E-state index is -3.10. The number of halogens is 2. The highest BCUT2D eigenvalue weighted by molar-refractivity contribution is 9.08. The Bertz CT molecular complexity index is 580. The fraction of sp³-hybridized carbons (Fsp3) is 0.538. The Balaban J connectivity index is 2.43. The molecule has 0 aliphatic carbocycles. The molecule has 1 heterocycles. The zero-order chi connectivity index (χ0) is 14.8. The number of benzene rings is 1. The van der Waals surface area contributed by atoms with Crippen LogP contribution in [0.4, 0.5) is 5.69 Å². The highest BCUT2D eigenvalue weighted by Gasteiger charge is 2.33. The van der Waals surface area contributed by atoms with Crippen LogP contribution in [0.25, 0.3) is 0 Å². The van der Waals surface area contributed by atoms with E-state index >= 15 is 0 Å². The second kappa shape index (κ2) is 6.90. The molecule has 1 atom stereocenters. The summed E-state index contributed by atoms with van der Waals surface area (Å²) < 4.78 is 24.6. The summed E-state index contributed by atoms with van der Waals surface area (Å²) in [7, 11) is -3.10. The molecular weight excluding hydrogens is 382 g/mol. The van der Waals surface area contributed by atoms with Crippen LogP contribution in [-0.2, 0) is 15.2 Å². The predicted molar refractivity (Wildman–Crippen MR) is 92.0 cm³/mol. The molecule has 1 saturated heterocycles. The van der Waals surface area contributed by atoms with Crippen molar-refractivity contribution in [3.8, 4) is 0 Å². The van der Waals surface area contributed by atoms with Gasteiger partial charge in [-0.2, -0.15) is 11.8 Å². The fourth-order valence-corrected chi connectivity index (χ4v) is 5.92. The minimum Gasteiger partial charge on any atom is -0.353 e. The van der Waals surface area contributed by atoms with Crippen molar-refractivity contribution in [2.24, 2.45) is 0 Å². The van der Waals surface area contributed by atoms with Crippen molar-refractivity contribution in [3.05, 3.63) is 28.8 Å². The normalized spacial score (nSPS) is 20.1.